The summed E-state index contributed by atoms with van der Waals surface area (Å²) >= 11 is 0. The minimum absolute atomic E-state index is 0.0376. The molecule has 1 heterocycles. The molecule has 2 unspecified atom stereocenters. The molecular formula is C17H27N3O. The number of nitrogens with zero attached hydrogens (tertiary/aromatic N) is 2. The fraction of sp³-hybridized carbons (Fsp3) is 0.824. The summed E-state index contributed by atoms with van der Waals surface area (Å²) in [5, 5.41) is 13.7. The van der Waals surface area contributed by atoms with Gasteiger partial charge in [0.2, 0.25) is 0 Å². The van der Waals surface area contributed by atoms with Crippen molar-refractivity contribution in [1.82, 2.24) is 14.9 Å². The van der Waals surface area contributed by atoms with Gasteiger partial charge in [0.1, 0.15) is 5.82 Å². The number of aromatic nitrogens is 2. The van der Waals surface area contributed by atoms with Crippen molar-refractivity contribution in [2.45, 2.75) is 82.3 Å². The van der Waals surface area contributed by atoms with Gasteiger partial charge in [-0.1, -0.05) is 0 Å². The number of aryl methyl sites for hydroxylation is 2. The molecule has 0 amide bonds. The number of fused-ring (bicyclic) bond motifs is 1. The van der Waals surface area contributed by atoms with Gasteiger partial charge in [0.05, 0.1) is 12.3 Å². The maximum Gasteiger partial charge on any atom is 0.106 e. The van der Waals surface area contributed by atoms with Gasteiger partial charge in [-0.2, -0.15) is 0 Å². The van der Waals surface area contributed by atoms with Gasteiger partial charge in [-0.25, -0.2) is 4.98 Å². The monoisotopic (exact) mass is 289 g/mol. The minimum Gasteiger partial charge on any atom is -0.394 e. The standard InChI is InChI=1S/C17H27N3O/c1-12-18-15-4-2-3-5-16(15)20(12)14-8-9-17(10-14,11-21)19-13-6-7-13/h13-14,19,21H,2-11H2,1H3. The van der Waals surface area contributed by atoms with Crippen molar-refractivity contribution in [1.29, 1.82) is 0 Å². The molecule has 4 rings (SSSR count). The van der Waals surface area contributed by atoms with E-state index in [1.165, 1.54) is 55.7 Å². The van der Waals surface area contributed by atoms with Crippen LogP contribution >= 0.6 is 0 Å². The van der Waals surface area contributed by atoms with Crippen LogP contribution in [0.5, 0.6) is 0 Å². The fourth-order valence-corrected chi connectivity index (χ4v) is 4.48. The summed E-state index contributed by atoms with van der Waals surface area (Å²) in [5.74, 6) is 1.19. The quantitative estimate of drug-likeness (QED) is 0.894. The maximum absolute atomic E-state index is 9.93. The van der Waals surface area contributed by atoms with Crippen LogP contribution in [0.1, 0.15) is 68.2 Å². The SMILES string of the molecule is Cc1nc2c(n1C1CCC(CO)(NC3CC3)C1)CCCC2. The molecule has 2 fully saturated rings. The van der Waals surface area contributed by atoms with E-state index in [2.05, 4.69) is 16.8 Å². The van der Waals surface area contributed by atoms with Crippen molar-refractivity contribution in [3.05, 3.63) is 17.2 Å². The molecule has 0 saturated heterocycles. The molecule has 2 saturated carbocycles. The van der Waals surface area contributed by atoms with Crippen LogP contribution in [-0.2, 0) is 12.8 Å². The normalized spacial score (nSPS) is 32.4. The lowest BCUT2D eigenvalue weighted by atomic mass is 9.97. The Morgan fingerprint density at radius 2 is 2.10 bits per heavy atom. The molecule has 2 N–H and O–H groups in total. The number of imidazole rings is 1. The predicted molar refractivity (Wildman–Crippen MR) is 82.5 cm³/mol. The Bertz CT molecular complexity index is 534. The molecule has 116 valence electrons. The summed E-state index contributed by atoms with van der Waals surface area (Å²) in [6, 6.07) is 1.19. The number of aliphatic hydroxyl groups is 1. The van der Waals surface area contributed by atoms with Crippen molar-refractivity contribution in [2.24, 2.45) is 0 Å². The van der Waals surface area contributed by atoms with Crippen LogP contribution < -0.4 is 5.32 Å². The zero-order valence-corrected chi connectivity index (χ0v) is 13.1. The third-order valence-corrected chi connectivity index (χ3v) is 5.68. The van der Waals surface area contributed by atoms with E-state index in [9.17, 15) is 5.11 Å². The zero-order chi connectivity index (χ0) is 14.4. The van der Waals surface area contributed by atoms with Crippen molar-refractivity contribution in [3.63, 3.8) is 0 Å². The summed E-state index contributed by atoms with van der Waals surface area (Å²) in [4.78, 5) is 4.82. The van der Waals surface area contributed by atoms with Gasteiger partial charge in [-0.05, 0) is 64.7 Å². The molecule has 3 aliphatic rings. The molecule has 3 aliphatic carbocycles. The summed E-state index contributed by atoms with van der Waals surface area (Å²) < 4.78 is 2.51. The van der Waals surface area contributed by atoms with Gasteiger partial charge >= 0.3 is 0 Å². The van der Waals surface area contributed by atoms with Crippen LogP contribution in [0.3, 0.4) is 0 Å². The molecule has 4 nitrogen and oxygen atoms in total. The lowest BCUT2D eigenvalue weighted by Crippen LogP contribution is -2.47. The molecule has 0 aromatic carbocycles. The third-order valence-electron chi connectivity index (χ3n) is 5.68. The average Bonchev–Trinajstić information content (AvgIpc) is 3.09. The van der Waals surface area contributed by atoms with Gasteiger partial charge in [0.15, 0.2) is 0 Å². The molecule has 0 spiro atoms. The second-order valence-corrected chi connectivity index (χ2v) is 7.38. The van der Waals surface area contributed by atoms with Gasteiger partial charge in [0, 0.05) is 23.3 Å². The van der Waals surface area contributed by atoms with Gasteiger partial charge in [0.25, 0.3) is 0 Å². The lowest BCUT2D eigenvalue weighted by molar-refractivity contribution is 0.158. The molecule has 2 atom stereocenters. The van der Waals surface area contributed by atoms with Crippen molar-refractivity contribution < 1.29 is 5.11 Å². The smallest absolute Gasteiger partial charge is 0.106 e. The van der Waals surface area contributed by atoms with Crippen molar-refractivity contribution in [2.75, 3.05) is 6.61 Å². The molecule has 0 radical (unpaired) electrons. The van der Waals surface area contributed by atoms with Crippen molar-refractivity contribution in [3.8, 4) is 0 Å². The molecule has 0 bridgehead atoms. The average molecular weight is 289 g/mol. The number of hydrogen-bond donors (Lipinski definition) is 2. The minimum atomic E-state index is -0.0376. The van der Waals surface area contributed by atoms with Crippen LogP contribution in [0.15, 0.2) is 0 Å². The highest BCUT2D eigenvalue weighted by atomic mass is 16.3. The van der Waals surface area contributed by atoms with E-state index in [-0.39, 0.29) is 12.1 Å². The van der Waals surface area contributed by atoms with Crippen LogP contribution in [0, 0.1) is 6.92 Å². The van der Waals surface area contributed by atoms with E-state index in [1.807, 2.05) is 0 Å². The summed E-state index contributed by atoms with van der Waals surface area (Å²) in [5.41, 5.74) is 2.80. The number of nitrogens with one attached hydrogen (secondary N) is 1. The zero-order valence-electron chi connectivity index (χ0n) is 13.1. The van der Waals surface area contributed by atoms with E-state index in [4.69, 9.17) is 4.98 Å². The van der Waals surface area contributed by atoms with Crippen LogP contribution in [0.25, 0.3) is 0 Å². The van der Waals surface area contributed by atoms with E-state index in [0.29, 0.717) is 12.1 Å². The third kappa shape index (κ3) is 2.42. The van der Waals surface area contributed by atoms with E-state index >= 15 is 0 Å². The Balaban J connectivity index is 1.58. The number of hydrogen-bond acceptors (Lipinski definition) is 3. The first kappa shape index (κ1) is 13.8. The van der Waals surface area contributed by atoms with Crippen molar-refractivity contribution >= 4 is 0 Å². The Labute approximate surface area is 127 Å². The van der Waals surface area contributed by atoms with Crippen LogP contribution in [0.4, 0.5) is 0 Å². The lowest BCUT2D eigenvalue weighted by Gasteiger charge is -2.29. The first-order chi connectivity index (χ1) is 10.2. The predicted octanol–water partition coefficient (Wildman–Crippen LogP) is 2.28. The maximum atomic E-state index is 9.93. The Hall–Kier alpha value is -0.870. The van der Waals surface area contributed by atoms with E-state index in [0.717, 1.165) is 19.3 Å². The molecule has 0 aliphatic heterocycles. The first-order valence-electron chi connectivity index (χ1n) is 8.66. The summed E-state index contributed by atoms with van der Waals surface area (Å²) in [6.45, 7) is 2.43. The largest absolute Gasteiger partial charge is 0.394 e. The fourth-order valence-electron chi connectivity index (χ4n) is 4.48. The van der Waals surface area contributed by atoms with Gasteiger partial charge in [-0.15, -0.1) is 0 Å². The highest BCUT2D eigenvalue weighted by Crippen LogP contribution is 2.42. The molecule has 4 heteroatoms. The van der Waals surface area contributed by atoms with Crippen LogP contribution in [0.2, 0.25) is 0 Å². The Kier molecular flexibility index (Phi) is 3.34. The van der Waals surface area contributed by atoms with Gasteiger partial charge in [-0.3, -0.25) is 0 Å². The number of rotatable bonds is 4. The van der Waals surface area contributed by atoms with E-state index < -0.39 is 0 Å². The first-order valence-corrected chi connectivity index (χ1v) is 8.66. The second-order valence-electron chi connectivity index (χ2n) is 7.38. The highest BCUT2D eigenvalue weighted by Gasteiger charge is 2.43. The molecule has 21 heavy (non-hydrogen) atoms. The Morgan fingerprint density at radius 1 is 1.29 bits per heavy atom. The van der Waals surface area contributed by atoms with E-state index in [1.54, 1.807) is 0 Å². The highest BCUT2D eigenvalue weighted by molar-refractivity contribution is 5.22. The van der Waals surface area contributed by atoms with Gasteiger partial charge < -0.3 is 15.0 Å². The summed E-state index contributed by atoms with van der Waals surface area (Å²) in [6.07, 6.45) is 10.8. The second kappa shape index (κ2) is 5.10. The van der Waals surface area contributed by atoms with Crippen LogP contribution in [-0.4, -0.2) is 32.8 Å². The topological polar surface area (TPSA) is 50.1 Å². The summed E-state index contributed by atoms with van der Waals surface area (Å²) in [7, 11) is 0. The molecule has 1 aromatic rings. The number of aliphatic hydroxyl groups excluding tert-OH is 1. The Morgan fingerprint density at radius 3 is 2.86 bits per heavy atom. The molecule has 1 aromatic heterocycles. The molecular weight excluding hydrogens is 262 g/mol.